The van der Waals surface area contributed by atoms with E-state index in [2.05, 4.69) is 144 Å². The van der Waals surface area contributed by atoms with E-state index in [4.69, 9.17) is 9.47 Å². The summed E-state index contributed by atoms with van der Waals surface area (Å²) >= 11 is 0. The highest BCUT2D eigenvalue weighted by molar-refractivity contribution is 7.56. The predicted molar refractivity (Wildman–Crippen MR) is 181 cm³/mol. The van der Waals surface area contributed by atoms with E-state index in [-0.39, 0.29) is 17.6 Å². The van der Waals surface area contributed by atoms with Gasteiger partial charge in [-0.25, -0.2) is 0 Å². The van der Waals surface area contributed by atoms with Crippen LogP contribution in [0.5, 0.6) is 5.75 Å². The van der Waals surface area contributed by atoms with Gasteiger partial charge in [0, 0.05) is 37.6 Å². The van der Waals surface area contributed by atoms with Crippen LogP contribution in [-0.4, -0.2) is 18.8 Å². The third-order valence-corrected chi connectivity index (χ3v) is 9.20. The molecule has 0 heterocycles. The van der Waals surface area contributed by atoms with E-state index in [1.54, 1.807) is 7.11 Å². The first-order chi connectivity index (χ1) is 20.0. The van der Waals surface area contributed by atoms with Gasteiger partial charge in [-0.2, -0.15) is 0 Å². The lowest BCUT2D eigenvalue weighted by Gasteiger charge is -2.30. The van der Waals surface area contributed by atoms with E-state index in [0.717, 1.165) is 25.4 Å². The van der Waals surface area contributed by atoms with Crippen molar-refractivity contribution >= 4 is 19.2 Å². The molecular weight excluding hydrogens is 533 g/mol. The van der Waals surface area contributed by atoms with E-state index in [9.17, 15) is 0 Å². The molecule has 4 aromatic rings. The number of ether oxygens (including phenoxy) is 2. The van der Waals surface area contributed by atoms with Crippen LogP contribution in [-0.2, 0) is 35.2 Å². The summed E-state index contributed by atoms with van der Waals surface area (Å²) in [6.07, 6.45) is 0. The summed E-state index contributed by atoms with van der Waals surface area (Å²) in [7, 11) is 2.15. The molecule has 0 N–H and O–H groups in total. The Labute approximate surface area is 256 Å². The van der Waals surface area contributed by atoms with Gasteiger partial charge in [-0.1, -0.05) is 135 Å². The highest BCUT2D eigenvalue weighted by Gasteiger charge is 2.27. The largest absolute Gasteiger partial charge is 0.467 e. The van der Waals surface area contributed by atoms with Gasteiger partial charge < -0.3 is 9.47 Å². The first-order valence-corrected chi connectivity index (χ1v) is 15.9. The van der Waals surface area contributed by atoms with E-state index in [0.29, 0.717) is 8.58 Å². The second kappa shape index (κ2) is 14.0. The van der Waals surface area contributed by atoms with Gasteiger partial charge in [0.05, 0.1) is 0 Å². The number of nitrogens with zero attached hydrogens (tertiary/aromatic N) is 1. The maximum Gasteiger partial charge on any atom is 0.188 e. The molecular formula is C38H48NO2P. The zero-order chi connectivity index (χ0) is 30.3. The molecule has 4 rings (SSSR count). The van der Waals surface area contributed by atoms with Gasteiger partial charge in [0.1, 0.15) is 5.75 Å². The Morgan fingerprint density at radius 2 is 1.29 bits per heavy atom. The number of rotatable bonds is 11. The molecule has 222 valence electrons. The minimum Gasteiger partial charge on any atom is -0.467 e. The fourth-order valence-corrected chi connectivity index (χ4v) is 6.67. The number of methoxy groups -OCH3 is 1. The molecule has 0 radical (unpaired) electrons. The van der Waals surface area contributed by atoms with Crippen LogP contribution in [0.25, 0.3) is 0 Å². The standard InChI is InChI=1S/C38H48NO2P/c1-28-16-15-21-31(26-39(24-29-17-11-9-12-18-29)25-30-19-13-10-14-20-30)36(28)42-34-23-32(37(2,3)4)22-33(38(5,6)7)35(34)41-27-40-8/h9-23,42H,24-27H2,1-8H3. The highest BCUT2D eigenvalue weighted by atomic mass is 31.1. The minimum atomic E-state index is -0.0692. The Balaban J connectivity index is 1.77. The fraction of sp³-hybridized carbons (Fsp3) is 0.368. The summed E-state index contributed by atoms with van der Waals surface area (Å²) in [5.41, 5.74) is 7.87. The second-order valence-corrected chi connectivity index (χ2v) is 14.6. The van der Waals surface area contributed by atoms with Crippen LogP contribution in [0.4, 0.5) is 0 Å². The molecule has 0 saturated carbocycles. The van der Waals surface area contributed by atoms with Crippen molar-refractivity contribution in [2.45, 2.75) is 78.9 Å². The molecule has 0 aromatic heterocycles. The summed E-state index contributed by atoms with van der Waals surface area (Å²) < 4.78 is 11.8. The van der Waals surface area contributed by atoms with E-state index in [1.807, 2.05) is 0 Å². The molecule has 0 spiro atoms. The van der Waals surface area contributed by atoms with Crippen molar-refractivity contribution in [3.8, 4) is 5.75 Å². The zero-order valence-corrected chi connectivity index (χ0v) is 27.8. The Hall–Kier alpha value is -2.97. The number of benzene rings is 4. The average Bonchev–Trinajstić information content (AvgIpc) is 2.94. The van der Waals surface area contributed by atoms with E-state index >= 15 is 0 Å². The lowest BCUT2D eigenvalue weighted by molar-refractivity contribution is 0.0506. The van der Waals surface area contributed by atoms with Gasteiger partial charge in [-0.15, -0.1) is 0 Å². The SMILES string of the molecule is COCOc1c(Pc2c(C)cccc2CN(Cc2ccccc2)Cc2ccccc2)cc(C(C)(C)C)cc1C(C)(C)C. The third-order valence-electron chi connectivity index (χ3n) is 7.59. The second-order valence-electron chi connectivity index (χ2n) is 13.3. The first kappa shape index (κ1) is 32.0. The van der Waals surface area contributed by atoms with Crippen molar-refractivity contribution in [2.24, 2.45) is 0 Å². The van der Waals surface area contributed by atoms with Gasteiger partial charge >= 0.3 is 0 Å². The smallest absolute Gasteiger partial charge is 0.188 e. The van der Waals surface area contributed by atoms with E-state index in [1.165, 1.54) is 44.0 Å². The Morgan fingerprint density at radius 1 is 0.690 bits per heavy atom. The van der Waals surface area contributed by atoms with E-state index < -0.39 is 0 Å². The molecule has 0 amide bonds. The molecule has 4 aromatic carbocycles. The van der Waals surface area contributed by atoms with Crippen molar-refractivity contribution in [3.63, 3.8) is 0 Å². The number of aryl methyl sites for hydroxylation is 1. The maximum absolute atomic E-state index is 6.38. The molecule has 1 unspecified atom stereocenters. The lowest BCUT2D eigenvalue weighted by atomic mass is 9.80. The van der Waals surface area contributed by atoms with Crippen molar-refractivity contribution in [3.05, 3.63) is 124 Å². The summed E-state index contributed by atoms with van der Waals surface area (Å²) in [6, 6.07) is 33.1. The van der Waals surface area contributed by atoms with Gasteiger partial charge in [0.2, 0.25) is 0 Å². The van der Waals surface area contributed by atoms with Crippen molar-refractivity contribution in [1.29, 1.82) is 0 Å². The molecule has 42 heavy (non-hydrogen) atoms. The minimum absolute atomic E-state index is 0.0236. The van der Waals surface area contributed by atoms with Gasteiger partial charge in [0.25, 0.3) is 0 Å². The molecule has 3 nitrogen and oxygen atoms in total. The maximum atomic E-state index is 6.38. The fourth-order valence-electron chi connectivity index (χ4n) is 5.25. The highest BCUT2D eigenvalue weighted by Crippen LogP contribution is 2.38. The molecule has 0 fully saturated rings. The van der Waals surface area contributed by atoms with Gasteiger partial charge in [-0.05, 0) is 56.9 Å². The Kier molecular flexibility index (Phi) is 10.7. The zero-order valence-electron chi connectivity index (χ0n) is 26.8. The van der Waals surface area contributed by atoms with Crippen LogP contribution in [0.2, 0.25) is 0 Å². The molecule has 0 bridgehead atoms. The monoisotopic (exact) mass is 581 g/mol. The van der Waals surface area contributed by atoms with Crippen LogP contribution >= 0.6 is 8.58 Å². The summed E-state index contributed by atoms with van der Waals surface area (Å²) in [6.45, 7) is 18.8. The third kappa shape index (κ3) is 8.54. The lowest BCUT2D eigenvalue weighted by Crippen LogP contribution is -2.27. The average molecular weight is 582 g/mol. The number of hydrogen-bond donors (Lipinski definition) is 0. The summed E-state index contributed by atoms with van der Waals surface area (Å²) in [5, 5.41) is 2.65. The number of hydrogen-bond acceptors (Lipinski definition) is 3. The summed E-state index contributed by atoms with van der Waals surface area (Å²) in [4.78, 5) is 2.56. The van der Waals surface area contributed by atoms with Crippen LogP contribution < -0.4 is 15.3 Å². The molecule has 0 aliphatic heterocycles. The van der Waals surface area contributed by atoms with Crippen LogP contribution in [0, 0.1) is 6.92 Å². The Morgan fingerprint density at radius 3 is 1.81 bits per heavy atom. The van der Waals surface area contributed by atoms with Gasteiger partial charge in [-0.3, -0.25) is 4.90 Å². The molecule has 0 saturated heterocycles. The molecule has 1 atom stereocenters. The quantitative estimate of drug-likeness (QED) is 0.131. The van der Waals surface area contributed by atoms with Crippen LogP contribution in [0.1, 0.15) is 74.9 Å². The van der Waals surface area contributed by atoms with Gasteiger partial charge in [0.15, 0.2) is 6.79 Å². The van der Waals surface area contributed by atoms with Crippen molar-refractivity contribution in [1.82, 2.24) is 4.90 Å². The van der Waals surface area contributed by atoms with Crippen molar-refractivity contribution < 1.29 is 9.47 Å². The normalized spacial score (nSPS) is 12.4. The van der Waals surface area contributed by atoms with Crippen molar-refractivity contribution in [2.75, 3.05) is 13.9 Å². The van der Waals surface area contributed by atoms with Crippen LogP contribution in [0.15, 0.2) is 91.0 Å². The first-order valence-electron chi connectivity index (χ1n) is 14.9. The molecule has 0 aliphatic rings. The summed E-state index contributed by atoms with van der Waals surface area (Å²) in [5.74, 6) is 0.968. The molecule has 0 aliphatic carbocycles. The Bertz CT molecular complexity index is 1390. The topological polar surface area (TPSA) is 21.7 Å². The van der Waals surface area contributed by atoms with Crippen LogP contribution in [0.3, 0.4) is 0 Å². The predicted octanol–water partition coefficient (Wildman–Crippen LogP) is 8.40. The molecule has 4 heteroatoms.